The molecule has 0 saturated heterocycles. The van der Waals surface area contributed by atoms with E-state index in [2.05, 4.69) is 32.9 Å². The number of tetrazole rings is 1. The maximum absolute atomic E-state index is 14.2. The predicted molar refractivity (Wildman–Crippen MR) is 168 cm³/mol. The Morgan fingerprint density at radius 1 is 0.956 bits per heavy atom. The fourth-order valence-corrected chi connectivity index (χ4v) is 6.55. The van der Waals surface area contributed by atoms with Crippen LogP contribution in [0.25, 0.3) is 11.4 Å². The molecule has 2 heterocycles. The Hall–Kier alpha value is -4.67. The van der Waals surface area contributed by atoms with Crippen LogP contribution in [0.15, 0.2) is 65.3 Å². The second kappa shape index (κ2) is 14.0. The number of hydrogen-bond acceptors (Lipinski definition) is 8. The van der Waals surface area contributed by atoms with E-state index in [0.717, 1.165) is 25.7 Å². The molecule has 45 heavy (non-hydrogen) atoms. The third-order valence-corrected chi connectivity index (χ3v) is 8.91. The van der Waals surface area contributed by atoms with E-state index in [0.29, 0.717) is 40.3 Å². The van der Waals surface area contributed by atoms with Crippen molar-refractivity contribution in [3.8, 4) is 22.9 Å². The van der Waals surface area contributed by atoms with E-state index in [4.69, 9.17) is 13.9 Å². The van der Waals surface area contributed by atoms with Crippen LogP contribution < -0.4 is 19.7 Å². The van der Waals surface area contributed by atoms with Gasteiger partial charge in [0.25, 0.3) is 11.8 Å². The molecule has 2 fully saturated rings. The second-order valence-corrected chi connectivity index (χ2v) is 11.8. The van der Waals surface area contributed by atoms with Crippen molar-refractivity contribution in [2.75, 3.05) is 19.1 Å². The lowest BCUT2D eigenvalue weighted by molar-refractivity contribution is -0.128. The van der Waals surface area contributed by atoms with Crippen molar-refractivity contribution in [2.45, 2.75) is 82.3 Å². The molecular formula is C34H40N6O5. The summed E-state index contributed by atoms with van der Waals surface area (Å²) in [5.41, 5.74) is 2.52. The summed E-state index contributed by atoms with van der Waals surface area (Å²) >= 11 is 0. The van der Waals surface area contributed by atoms with Crippen LogP contribution in [0.2, 0.25) is 0 Å². The molecule has 11 heteroatoms. The van der Waals surface area contributed by atoms with Gasteiger partial charge in [-0.1, -0.05) is 44.2 Å². The highest BCUT2D eigenvalue weighted by atomic mass is 16.5. The van der Waals surface area contributed by atoms with Gasteiger partial charge in [-0.25, -0.2) is 0 Å². The molecule has 0 bridgehead atoms. The summed E-state index contributed by atoms with van der Waals surface area (Å²) in [7, 11) is 3.12. The van der Waals surface area contributed by atoms with E-state index in [1.165, 1.54) is 53.6 Å². The number of aromatic nitrogens is 4. The van der Waals surface area contributed by atoms with Crippen LogP contribution in [0, 0.1) is 0 Å². The van der Waals surface area contributed by atoms with Gasteiger partial charge in [-0.15, -0.1) is 10.2 Å². The first-order valence-corrected chi connectivity index (χ1v) is 15.8. The average Bonchev–Trinajstić information content (AvgIpc) is 3.88. The summed E-state index contributed by atoms with van der Waals surface area (Å²) < 4.78 is 16.5. The number of amides is 2. The van der Waals surface area contributed by atoms with Crippen LogP contribution in [0.1, 0.15) is 81.1 Å². The number of benzene rings is 2. The molecule has 6 rings (SSSR count). The van der Waals surface area contributed by atoms with Gasteiger partial charge in [-0.2, -0.15) is 4.80 Å². The number of nitrogens with one attached hydrogen (secondary N) is 1. The average molecular weight is 613 g/mol. The number of hydrogen-bond donors (Lipinski definition) is 1. The van der Waals surface area contributed by atoms with Gasteiger partial charge in [0.2, 0.25) is 5.82 Å². The summed E-state index contributed by atoms with van der Waals surface area (Å²) in [6.07, 6.45) is 11.6. The van der Waals surface area contributed by atoms with Gasteiger partial charge in [0.05, 0.1) is 20.5 Å². The van der Waals surface area contributed by atoms with Crippen molar-refractivity contribution >= 4 is 17.5 Å². The molecule has 2 aromatic heterocycles. The Balaban J connectivity index is 1.31. The third-order valence-electron chi connectivity index (χ3n) is 8.91. The zero-order valence-electron chi connectivity index (χ0n) is 25.9. The first-order chi connectivity index (χ1) is 22.0. The summed E-state index contributed by atoms with van der Waals surface area (Å²) in [4.78, 5) is 30.9. The molecule has 4 aromatic rings. The van der Waals surface area contributed by atoms with E-state index in [1.807, 2.05) is 12.1 Å². The lowest BCUT2D eigenvalue weighted by Crippen LogP contribution is -2.47. The molecule has 0 radical (unpaired) electrons. The highest BCUT2D eigenvalue weighted by Gasteiger charge is 2.36. The molecule has 2 aliphatic carbocycles. The number of ether oxygens (including phenoxy) is 2. The van der Waals surface area contributed by atoms with Gasteiger partial charge in [-0.3, -0.25) is 14.5 Å². The molecule has 11 nitrogen and oxygen atoms in total. The number of carbonyl (C=O) groups is 2. The van der Waals surface area contributed by atoms with Crippen LogP contribution in [-0.4, -0.2) is 52.3 Å². The standard InChI is InChI=1S/C34H40N6O5/c1-43-28-19-16-25(21-30(28)44-2)33-36-38-39(37-33)22-31(41)40(27-17-14-24(15-18-27)23-9-4-3-5-10-23)32(29-13-8-20-45-29)34(42)35-26-11-6-7-12-26/h8,13-21,23,26,32H,3-7,9-12,22H2,1-2H3,(H,35,42)/t32-/m1/s1. The van der Waals surface area contributed by atoms with Crippen molar-refractivity contribution in [2.24, 2.45) is 0 Å². The molecule has 0 spiro atoms. The Kier molecular flexibility index (Phi) is 9.42. The van der Waals surface area contributed by atoms with Gasteiger partial charge >= 0.3 is 0 Å². The minimum atomic E-state index is -1.01. The van der Waals surface area contributed by atoms with Crippen LogP contribution >= 0.6 is 0 Å². The van der Waals surface area contributed by atoms with Crippen molar-refractivity contribution in [1.82, 2.24) is 25.5 Å². The molecule has 1 atom stereocenters. The van der Waals surface area contributed by atoms with Crippen molar-refractivity contribution in [3.05, 3.63) is 72.2 Å². The van der Waals surface area contributed by atoms with E-state index in [9.17, 15) is 9.59 Å². The number of methoxy groups -OCH3 is 2. The van der Waals surface area contributed by atoms with E-state index in [-0.39, 0.29) is 24.4 Å². The zero-order chi connectivity index (χ0) is 31.2. The minimum absolute atomic E-state index is 0.0709. The Morgan fingerprint density at radius 3 is 2.38 bits per heavy atom. The molecule has 2 aliphatic rings. The quantitative estimate of drug-likeness (QED) is 0.224. The van der Waals surface area contributed by atoms with Crippen molar-refractivity contribution in [1.29, 1.82) is 0 Å². The molecular weight excluding hydrogens is 572 g/mol. The molecule has 2 saturated carbocycles. The summed E-state index contributed by atoms with van der Waals surface area (Å²) in [5, 5.41) is 16.0. The van der Waals surface area contributed by atoms with E-state index >= 15 is 0 Å². The Morgan fingerprint density at radius 2 is 1.69 bits per heavy atom. The normalized spacial score (nSPS) is 16.3. The Bertz CT molecular complexity index is 1570. The number of carbonyl (C=O) groups excluding carboxylic acids is 2. The van der Waals surface area contributed by atoms with Gasteiger partial charge in [-0.05, 0) is 84.8 Å². The van der Waals surface area contributed by atoms with Crippen molar-refractivity contribution in [3.63, 3.8) is 0 Å². The Labute approximate surface area is 262 Å². The highest BCUT2D eigenvalue weighted by Crippen LogP contribution is 2.36. The molecule has 0 unspecified atom stereocenters. The van der Waals surface area contributed by atoms with Gasteiger partial charge in [0, 0.05) is 17.3 Å². The molecule has 2 aromatic carbocycles. The summed E-state index contributed by atoms with van der Waals surface area (Å²) in [5.74, 6) is 1.67. The SMILES string of the molecule is COc1ccc(-c2nnn(CC(=O)N(c3ccc(C4CCCCC4)cc3)[C@@H](C(=O)NC3CCCC3)c3ccco3)n2)cc1OC. The molecule has 236 valence electrons. The summed E-state index contributed by atoms with van der Waals surface area (Å²) in [6.45, 7) is -0.238. The van der Waals surface area contributed by atoms with E-state index < -0.39 is 6.04 Å². The van der Waals surface area contributed by atoms with Gasteiger partial charge < -0.3 is 19.2 Å². The van der Waals surface area contributed by atoms with Gasteiger partial charge in [0.1, 0.15) is 12.3 Å². The van der Waals surface area contributed by atoms with Crippen molar-refractivity contribution < 1.29 is 23.5 Å². The largest absolute Gasteiger partial charge is 0.493 e. The van der Waals surface area contributed by atoms with Crippen LogP contribution in [-0.2, 0) is 16.1 Å². The number of anilines is 1. The highest BCUT2D eigenvalue weighted by molar-refractivity contribution is 6.01. The van der Waals surface area contributed by atoms with Crippen LogP contribution in [0.3, 0.4) is 0 Å². The third kappa shape index (κ3) is 6.87. The smallest absolute Gasteiger partial charge is 0.251 e. The van der Waals surface area contributed by atoms with Crippen LogP contribution in [0.4, 0.5) is 5.69 Å². The van der Waals surface area contributed by atoms with Crippen LogP contribution in [0.5, 0.6) is 11.5 Å². The minimum Gasteiger partial charge on any atom is -0.493 e. The van der Waals surface area contributed by atoms with E-state index in [1.54, 1.807) is 44.6 Å². The predicted octanol–water partition coefficient (Wildman–Crippen LogP) is 5.83. The fraction of sp³-hybridized carbons (Fsp3) is 0.441. The molecule has 1 N–H and O–H groups in total. The lowest BCUT2D eigenvalue weighted by Gasteiger charge is -2.31. The summed E-state index contributed by atoms with van der Waals surface area (Å²) in [6, 6.07) is 15.9. The monoisotopic (exact) mass is 612 g/mol. The number of nitrogens with zero attached hydrogens (tertiary/aromatic N) is 5. The number of rotatable bonds is 11. The zero-order valence-corrected chi connectivity index (χ0v) is 25.9. The second-order valence-electron chi connectivity index (χ2n) is 11.8. The maximum Gasteiger partial charge on any atom is 0.251 e. The first-order valence-electron chi connectivity index (χ1n) is 15.8. The topological polar surface area (TPSA) is 125 Å². The van der Waals surface area contributed by atoms with Gasteiger partial charge in [0.15, 0.2) is 17.5 Å². The fourth-order valence-electron chi connectivity index (χ4n) is 6.55. The first kappa shape index (κ1) is 30.4. The molecule has 0 aliphatic heterocycles. The maximum atomic E-state index is 14.2. The number of furan rings is 1. The lowest BCUT2D eigenvalue weighted by atomic mass is 9.84. The molecule has 2 amide bonds.